The average Bonchev–Trinajstić information content (AvgIpc) is 2.57. The van der Waals surface area contributed by atoms with Gasteiger partial charge >= 0.3 is 5.97 Å². The van der Waals surface area contributed by atoms with E-state index in [-0.39, 0.29) is 12.5 Å². The fraction of sp³-hybridized carbons (Fsp3) is 0.778. The van der Waals surface area contributed by atoms with Crippen LogP contribution in [0.3, 0.4) is 0 Å². The van der Waals surface area contributed by atoms with Crippen molar-refractivity contribution in [1.82, 2.24) is 25.1 Å². The second-order valence-electron chi connectivity index (χ2n) is 3.90. The van der Waals surface area contributed by atoms with Crippen molar-refractivity contribution < 1.29 is 9.90 Å². The molecule has 1 rings (SSSR count). The molecule has 0 spiro atoms. The van der Waals surface area contributed by atoms with Gasteiger partial charge in [0.1, 0.15) is 0 Å². The number of carbonyl (C=O) groups is 1. The Hall–Kier alpha value is -1.50. The molecule has 0 atom stereocenters. The maximum atomic E-state index is 10.5. The van der Waals surface area contributed by atoms with Gasteiger partial charge in [-0.3, -0.25) is 9.69 Å². The van der Waals surface area contributed by atoms with E-state index in [1.165, 1.54) is 4.80 Å². The molecule has 0 unspecified atom stereocenters. The van der Waals surface area contributed by atoms with Crippen molar-refractivity contribution in [2.75, 3.05) is 6.54 Å². The van der Waals surface area contributed by atoms with Gasteiger partial charge in [0.05, 0.1) is 20.0 Å². The van der Waals surface area contributed by atoms with Gasteiger partial charge in [-0.1, -0.05) is 0 Å². The number of aliphatic carboxylic acids is 1. The first-order valence-corrected chi connectivity index (χ1v) is 5.17. The minimum atomic E-state index is -0.794. The molecule has 0 radical (unpaired) electrons. The summed E-state index contributed by atoms with van der Waals surface area (Å²) in [7, 11) is 1.70. The Morgan fingerprint density at radius 3 is 2.69 bits per heavy atom. The van der Waals surface area contributed by atoms with Gasteiger partial charge < -0.3 is 5.11 Å². The molecule has 0 bridgehead atoms. The van der Waals surface area contributed by atoms with Crippen molar-refractivity contribution in [1.29, 1.82) is 0 Å². The molecule has 1 aromatic heterocycles. The predicted molar refractivity (Wildman–Crippen MR) is 56.6 cm³/mol. The van der Waals surface area contributed by atoms with Crippen LogP contribution in [-0.2, 0) is 18.4 Å². The lowest BCUT2D eigenvalue weighted by molar-refractivity contribution is -0.137. The quantitative estimate of drug-likeness (QED) is 0.730. The third-order valence-electron chi connectivity index (χ3n) is 2.24. The molecule has 1 N–H and O–H groups in total. The second kappa shape index (κ2) is 5.55. The van der Waals surface area contributed by atoms with E-state index in [1.807, 2.05) is 18.7 Å². The number of nitrogens with zero attached hydrogens (tertiary/aromatic N) is 5. The van der Waals surface area contributed by atoms with Gasteiger partial charge in [-0.15, -0.1) is 10.2 Å². The number of hydrogen-bond donors (Lipinski definition) is 1. The number of carboxylic acid groups (broad SMARTS) is 1. The Morgan fingerprint density at radius 1 is 1.56 bits per heavy atom. The summed E-state index contributed by atoms with van der Waals surface area (Å²) >= 11 is 0. The van der Waals surface area contributed by atoms with E-state index in [0.29, 0.717) is 18.9 Å². The molecule has 0 amide bonds. The third-order valence-corrected chi connectivity index (χ3v) is 2.24. The van der Waals surface area contributed by atoms with Gasteiger partial charge in [0, 0.05) is 12.6 Å². The Bertz CT molecular complexity index is 349. The first kappa shape index (κ1) is 12.6. The molecule has 0 fully saturated rings. The molecule has 1 heterocycles. The first-order chi connectivity index (χ1) is 7.49. The van der Waals surface area contributed by atoms with Gasteiger partial charge in [0.2, 0.25) is 0 Å². The standard InChI is InChI=1S/C9H17N5O2/c1-7(2)14(5-4-9(15)16)6-8-10-12-13(3)11-8/h7H,4-6H2,1-3H3,(H,15,16). The minimum absolute atomic E-state index is 0.123. The topological polar surface area (TPSA) is 84.1 Å². The summed E-state index contributed by atoms with van der Waals surface area (Å²) in [5.41, 5.74) is 0. The van der Waals surface area contributed by atoms with E-state index in [1.54, 1.807) is 7.05 Å². The van der Waals surface area contributed by atoms with Crippen LogP contribution in [0.5, 0.6) is 0 Å². The molecule has 7 heteroatoms. The number of carboxylic acids is 1. The van der Waals surface area contributed by atoms with Crippen LogP contribution < -0.4 is 0 Å². The molecule has 0 aromatic carbocycles. The summed E-state index contributed by atoms with van der Waals surface area (Å²) in [6.07, 6.45) is 0.123. The fourth-order valence-electron chi connectivity index (χ4n) is 1.33. The van der Waals surface area contributed by atoms with Crippen LogP contribution in [0.15, 0.2) is 0 Å². The summed E-state index contributed by atoms with van der Waals surface area (Å²) < 4.78 is 0. The molecule has 7 nitrogen and oxygen atoms in total. The molecular formula is C9H17N5O2. The lowest BCUT2D eigenvalue weighted by atomic mass is 10.3. The fourth-order valence-corrected chi connectivity index (χ4v) is 1.33. The van der Waals surface area contributed by atoms with Crippen LogP contribution in [0.25, 0.3) is 0 Å². The van der Waals surface area contributed by atoms with Crippen LogP contribution in [0, 0.1) is 0 Å². The Morgan fingerprint density at radius 2 is 2.25 bits per heavy atom. The lowest BCUT2D eigenvalue weighted by Gasteiger charge is -2.23. The summed E-state index contributed by atoms with van der Waals surface area (Å²) in [5.74, 6) is -0.181. The summed E-state index contributed by atoms with van der Waals surface area (Å²) in [6.45, 7) is 5.04. The van der Waals surface area contributed by atoms with Crippen molar-refractivity contribution in [3.63, 3.8) is 0 Å². The molecular weight excluding hydrogens is 210 g/mol. The van der Waals surface area contributed by atoms with Crippen LogP contribution in [0.2, 0.25) is 0 Å². The van der Waals surface area contributed by atoms with Crippen molar-refractivity contribution in [2.24, 2.45) is 7.05 Å². The van der Waals surface area contributed by atoms with Crippen LogP contribution in [0.4, 0.5) is 0 Å². The zero-order valence-electron chi connectivity index (χ0n) is 9.79. The summed E-state index contributed by atoms with van der Waals surface area (Å²) in [4.78, 5) is 13.9. The van der Waals surface area contributed by atoms with Crippen molar-refractivity contribution in [3.05, 3.63) is 5.82 Å². The van der Waals surface area contributed by atoms with Crippen LogP contribution in [-0.4, -0.2) is 48.8 Å². The Labute approximate surface area is 94.0 Å². The van der Waals surface area contributed by atoms with Crippen molar-refractivity contribution >= 4 is 5.97 Å². The molecule has 0 saturated carbocycles. The largest absolute Gasteiger partial charge is 0.481 e. The van der Waals surface area contributed by atoms with Gasteiger partial charge in [0.15, 0.2) is 5.82 Å². The Kier molecular flexibility index (Phi) is 4.36. The highest BCUT2D eigenvalue weighted by Crippen LogP contribution is 2.04. The zero-order valence-corrected chi connectivity index (χ0v) is 9.79. The highest BCUT2D eigenvalue weighted by molar-refractivity contribution is 5.66. The van der Waals surface area contributed by atoms with Gasteiger partial charge in [-0.05, 0) is 19.1 Å². The van der Waals surface area contributed by atoms with Gasteiger partial charge in [-0.2, -0.15) is 4.80 Å². The monoisotopic (exact) mass is 227 g/mol. The van der Waals surface area contributed by atoms with E-state index in [4.69, 9.17) is 5.11 Å². The molecule has 0 aliphatic heterocycles. The smallest absolute Gasteiger partial charge is 0.304 e. The number of hydrogen-bond acceptors (Lipinski definition) is 5. The summed E-state index contributed by atoms with van der Waals surface area (Å²) in [6, 6.07) is 0.253. The lowest BCUT2D eigenvalue weighted by Crippen LogP contribution is -2.32. The van der Waals surface area contributed by atoms with Crippen LogP contribution >= 0.6 is 0 Å². The average molecular weight is 227 g/mol. The van der Waals surface area contributed by atoms with E-state index >= 15 is 0 Å². The molecule has 0 aliphatic carbocycles. The summed E-state index contributed by atoms with van der Waals surface area (Å²) in [5, 5.41) is 20.3. The van der Waals surface area contributed by atoms with Gasteiger partial charge in [0.25, 0.3) is 0 Å². The highest BCUT2D eigenvalue weighted by atomic mass is 16.4. The number of tetrazole rings is 1. The van der Waals surface area contributed by atoms with Crippen molar-refractivity contribution in [3.8, 4) is 0 Å². The second-order valence-corrected chi connectivity index (χ2v) is 3.90. The normalized spacial score (nSPS) is 11.3. The Balaban J connectivity index is 2.54. The SMILES string of the molecule is CC(C)N(CCC(=O)O)Cc1nnn(C)n1. The van der Waals surface area contributed by atoms with Crippen molar-refractivity contribution in [2.45, 2.75) is 32.9 Å². The van der Waals surface area contributed by atoms with Gasteiger partial charge in [-0.25, -0.2) is 0 Å². The van der Waals surface area contributed by atoms with E-state index < -0.39 is 5.97 Å². The molecule has 0 aliphatic rings. The number of aryl methyl sites for hydroxylation is 1. The third kappa shape index (κ3) is 3.93. The minimum Gasteiger partial charge on any atom is -0.481 e. The molecule has 1 aromatic rings. The predicted octanol–water partition coefficient (Wildman–Crippen LogP) is -0.105. The maximum Gasteiger partial charge on any atom is 0.304 e. The maximum absolute atomic E-state index is 10.5. The molecule has 90 valence electrons. The van der Waals surface area contributed by atoms with E-state index in [0.717, 1.165) is 0 Å². The molecule has 0 saturated heterocycles. The van der Waals surface area contributed by atoms with Crippen LogP contribution in [0.1, 0.15) is 26.1 Å². The number of rotatable bonds is 6. The molecule has 16 heavy (non-hydrogen) atoms. The zero-order chi connectivity index (χ0) is 12.1. The highest BCUT2D eigenvalue weighted by Gasteiger charge is 2.14. The van der Waals surface area contributed by atoms with E-state index in [9.17, 15) is 4.79 Å². The first-order valence-electron chi connectivity index (χ1n) is 5.17. The number of aromatic nitrogens is 4. The van der Waals surface area contributed by atoms with E-state index in [2.05, 4.69) is 15.4 Å².